The van der Waals surface area contributed by atoms with E-state index in [9.17, 15) is 0 Å². The fourth-order valence-electron chi connectivity index (χ4n) is 11.5. The zero-order valence-corrected chi connectivity index (χ0v) is 41.1. The van der Waals surface area contributed by atoms with Gasteiger partial charge in [0, 0.05) is 39.3 Å². The van der Waals surface area contributed by atoms with Crippen LogP contribution in [0.15, 0.2) is 144 Å². The number of rotatable bonds is 4. The van der Waals surface area contributed by atoms with Crippen LogP contribution >= 0.6 is 0 Å². The Balaban J connectivity index is 1.29. The van der Waals surface area contributed by atoms with Crippen molar-refractivity contribution in [1.82, 2.24) is 0 Å². The second-order valence-corrected chi connectivity index (χ2v) is 23.1. The third kappa shape index (κ3) is 6.61. The van der Waals surface area contributed by atoms with Crippen molar-refractivity contribution in [2.45, 2.75) is 118 Å². The third-order valence-corrected chi connectivity index (χ3v) is 15.3. The maximum atomic E-state index is 7.59. The maximum absolute atomic E-state index is 7.59. The van der Waals surface area contributed by atoms with Crippen LogP contribution in [0.4, 0.5) is 34.1 Å². The van der Waals surface area contributed by atoms with Gasteiger partial charge in [-0.15, -0.1) is 0 Å². The van der Waals surface area contributed by atoms with E-state index in [-0.39, 0.29) is 28.4 Å². The van der Waals surface area contributed by atoms with Gasteiger partial charge in [-0.1, -0.05) is 154 Å². The minimum Gasteiger partial charge on any atom is -0.468 e. The highest BCUT2D eigenvalue weighted by Crippen LogP contribution is 2.54. The average molecular weight is 863 g/mol. The predicted molar refractivity (Wildman–Crippen MR) is 283 cm³/mol. The maximum Gasteiger partial charge on any atom is 0.297 e. The molecule has 3 aliphatic rings. The van der Waals surface area contributed by atoms with Gasteiger partial charge in [0.1, 0.15) is 5.58 Å². The van der Waals surface area contributed by atoms with Gasteiger partial charge in [0.15, 0.2) is 0 Å². The van der Waals surface area contributed by atoms with Crippen LogP contribution in [0.1, 0.15) is 115 Å². The Kier molecular flexibility index (Phi) is 9.39. The Morgan fingerprint density at radius 1 is 0.515 bits per heavy atom. The molecule has 0 amide bonds. The molecule has 330 valence electrons. The summed E-state index contributed by atoms with van der Waals surface area (Å²) >= 11 is 0. The zero-order valence-electron chi connectivity index (χ0n) is 41.1. The quantitative estimate of drug-likeness (QED) is 0.164. The molecule has 11 rings (SSSR count). The molecule has 0 spiro atoms. The highest BCUT2D eigenvalue weighted by atomic mass is 16.3. The molecule has 0 saturated heterocycles. The van der Waals surface area contributed by atoms with Gasteiger partial charge in [-0.05, 0) is 158 Å². The van der Waals surface area contributed by atoms with Crippen LogP contribution in [0.3, 0.4) is 0 Å². The van der Waals surface area contributed by atoms with Crippen molar-refractivity contribution in [2.75, 3.05) is 9.80 Å². The van der Waals surface area contributed by atoms with Crippen LogP contribution in [0.25, 0.3) is 33.2 Å². The number of furan rings is 1. The van der Waals surface area contributed by atoms with Crippen LogP contribution in [-0.4, -0.2) is 6.71 Å². The van der Waals surface area contributed by atoms with E-state index in [0.29, 0.717) is 0 Å². The largest absolute Gasteiger partial charge is 0.468 e. The predicted octanol–water partition coefficient (Wildman–Crippen LogP) is 15.4. The van der Waals surface area contributed by atoms with Gasteiger partial charge < -0.3 is 14.2 Å². The van der Waals surface area contributed by atoms with Gasteiger partial charge in [-0.2, -0.15) is 0 Å². The molecule has 0 radical (unpaired) electrons. The molecule has 3 heterocycles. The van der Waals surface area contributed by atoms with Gasteiger partial charge in [-0.3, -0.25) is 0 Å². The van der Waals surface area contributed by atoms with Crippen molar-refractivity contribution >= 4 is 68.4 Å². The first kappa shape index (κ1) is 42.4. The minimum absolute atomic E-state index is 0.0227. The van der Waals surface area contributed by atoms with Crippen LogP contribution in [0, 0.1) is 13.8 Å². The van der Waals surface area contributed by atoms with Crippen LogP contribution in [0.5, 0.6) is 0 Å². The van der Waals surface area contributed by atoms with Gasteiger partial charge in [0.2, 0.25) is 0 Å². The second kappa shape index (κ2) is 14.6. The van der Waals surface area contributed by atoms with E-state index in [4.69, 9.17) is 4.42 Å². The molecule has 2 aliphatic heterocycles. The van der Waals surface area contributed by atoms with E-state index in [1.807, 2.05) is 0 Å². The average Bonchev–Trinajstić information content (AvgIpc) is 3.65. The molecule has 0 unspecified atom stereocenters. The molecule has 0 atom stereocenters. The molecule has 1 aliphatic carbocycles. The van der Waals surface area contributed by atoms with Crippen molar-refractivity contribution in [3.8, 4) is 22.3 Å². The number of anilines is 6. The number of benzene rings is 7. The van der Waals surface area contributed by atoms with Crippen molar-refractivity contribution < 1.29 is 4.42 Å². The minimum atomic E-state index is -0.152. The smallest absolute Gasteiger partial charge is 0.297 e. The summed E-state index contributed by atoms with van der Waals surface area (Å²) in [6.45, 7) is 28.0. The van der Waals surface area contributed by atoms with Gasteiger partial charge >= 0.3 is 0 Å². The van der Waals surface area contributed by atoms with Crippen LogP contribution in [-0.2, 0) is 21.7 Å². The molecule has 8 aromatic rings. The van der Waals surface area contributed by atoms with Gasteiger partial charge in [0.25, 0.3) is 6.71 Å². The summed E-state index contributed by atoms with van der Waals surface area (Å²) in [6, 6.07) is 53.2. The summed E-state index contributed by atoms with van der Waals surface area (Å²) in [5.74, 6) is 0. The number of fused-ring (bicyclic) bond motifs is 7. The molecule has 0 saturated carbocycles. The molecule has 0 fully saturated rings. The summed E-state index contributed by atoms with van der Waals surface area (Å²) in [6.07, 6.45) is 2.30. The Morgan fingerprint density at radius 2 is 1.03 bits per heavy atom. The van der Waals surface area contributed by atoms with Crippen molar-refractivity contribution in [2.24, 2.45) is 0 Å². The van der Waals surface area contributed by atoms with E-state index in [1.54, 1.807) is 0 Å². The summed E-state index contributed by atoms with van der Waals surface area (Å²) in [5, 5.41) is 1.19. The molecular formula is C62H63BN2O. The molecular weight excluding hydrogens is 800 g/mol. The monoisotopic (exact) mass is 863 g/mol. The zero-order chi connectivity index (χ0) is 46.2. The normalized spacial score (nSPS) is 15.9. The first-order valence-electron chi connectivity index (χ1n) is 24.2. The molecule has 0 N–H and O–H groups in total. The molecule has 0 bridgehead atoms. The van der Waals surface area contributed by atoms with Crippen molar-refractivity contribution in [3.05, 3.63) is 173 Å². The van der Waals surface area contributed by atoms with E-state index < -0.39 is 0 Å². The SMILES string of the molecule is Cc1cc(-c2ccccc2)c(N2c3ccc(C(C)(C)C)cc3B3c4oc5cc6c(cc5c4N(c4ccc(C(C)(C)C)cc4)c4cc(C)cc2c43)C(C)(C)CCC6(C)C)c(-c2ccccc2)c1. The molecule has 66 heavy (non-hydrogen) atoms. The van der Waals surface area contributed by atoms with Gasteiger partial charge in [0.05, 0.1) is 17.0 Å². The first-order chi connectivity index (χ1) is 31.3. The lowest BCUT2D eigenvalue weighted by Gasteiger charge is -2.44. The van der Waals surface area contributed by atoms with E-state index in [1.165, 1.54) is 94.7 Å². The van der Waals surface area contributed by atoms with E-state index in [0.717, 1.165) is 35.5 Å². The number of hydrogen-bond acceptors (Lipinski definition) is 3. The lowest BCUT2D eigenvalue weighted by atomic mass is 9.35. The summed E-state index contributed by atoms with van der Waals surface area (Å²) in [7, 11) is 0. The Labute approximate surface area is 393 Å². The van der Waals surface area contributed by atoms with Crippen molar-refractivity contribution in [3.63, 3.8) is 0 Å². The summed E-state index contributed by atoms with van der Waals surface area (Å²) in [5.41, 5.74) is 24.4. The first-order valence-corrected chi connectivity index (χ1v) is 24.2. The Bertz CT molecular complexity index is 3170. The molecule has 4 heteroatoms. The van der Waals surface area contributed by atoms with E-state index in [2.05, 4.69) is 232 Å². The summed E-state index contributed by atoms with van der Waals surface area (Å²) in [4.78, 5) is 5.18. The van der Waals surface area contributed by atoms with Crippen LogP contribution < -0.4 is 26.4 Å². The van der Waals surface area contributed by atoms with Crippen LogP contribution in [0.2, 0.25) is 0 Å². The number of hydrogen-bond donors (Lipinski definition) is 0. The number of aryl methyl sites for hydroxylation is 2. The fraction of sp³-hybridized carbons (Fsp3) is 0.290. The fourth-order valence-corrected chi connectivity index (χ4v) is 11.5. The second-order valence-electron chi connectivity index (χ2n) is 23.1. The van der Waals surface area contributed by atoms with Crippen molar-refractivity contribution in [1.29, 1.82) is 0 Å². The third-order valence-electron chi connectivity index (χ3n) is 15.3. The molecule has 1 aromatic heterocycles. The molecule has 3 nitrogen and oxygen atoms in total. The van der Waals surface area contributed by atoms with Gasteiger partial charge in [-0.25, -0.2) is 0 Å². The highest BCUT2D eigenvalue weighted by molar-refractivity contribution is 7.00. The number of nitrogens with zero attached hydrogens (tertiary/aromatic N) is 2. The topological polar surface area (TPSA) is 19.6 Å². The summed E-state index contributed by atoms with van der Waals surface area (Å²) < 4.78 is 7.59. The lowest BCUT2D eigenvalue weighted by molar-refractivity contribution is 0.332. The Morgan fingerprint density at radius 3 is 1.59 bits per heavy atom. The molecule has 7 aromatic carbocycles. The van der Waals surface area contributed by atoms with E-state index >= 15 is 0 Å². The standard InChI is InChI=1S/C62H63BN2O/c1-38-31-45(40-19-15-13-16-20-40)56(46(32-38)41-21-17-14-18-22-41)65-51-28-25-43(60(6,7)8)35-50(51)63-55-52(33-39(2)34-53(55)65)64(44-26-23-42(24-27-44)59(3,4)5)57-47-36-48-49(37-54(47)66-58(57)63)62(11,12)30-29-61(48,9)10/h13-28,31-37H,29-30H2,1-12H3. The Hall–Kier alpha value is -6.26. The highest BCUT2D eigenvalue weighted by Gasteiger charge is 2.48. The lowest BCUT2D eigenvalue weighted by Crippen LogP contribution is -2.61.